The highest BCUT2D eigenvalue weighted by Gasteiger charge is 2.21. The summed E-state index contributed by atoms with van der Waals surface area (Å²) in [4.78, 5) is 2.42. The molecule has 2 heterocycles. The van der Waals surface area contributed by atoms with E-state index in [-0.39, 0.29) is 11.3 Å². The molecule has 0 radical (unpaired) electrons. The van der Waals surface area contributed by atoms with Crippen molar-refractivity contribution in [2.24, 2.45) is 5.73 Å². The summed E-state index contributed by atoms with van der Waals surface area (Å²) in [5.41, 5.74) is 6.18. The normalized spacial score (nSPS) is 16.5. The predicted molar refractivity (Wildman–Crippen MR) is 91.7 cm³/mol. The molecule has 1 aliphatic heterocycles. The SMILES string of the molecule is CC(N)C(Sc1ccc2c(c1)OCCO2)c1cc(Br)cs1. The second-order valence-corrected chi connectivity index (χ2v) is 7.94. The van der Waals surface area contributed by atoms with Crippen LogP contribution < -0.4 is 15.2 Å². The average molecular weight is 386 g/mol. The zero-order valence-electron chi connectivity index (χ0n) is 11.5. The van der Waals surface area contributed by atoms with Gasteiger partial charge in [0, 0.05) is 25.7 Å². The van der Waals surface area contributed by atoms with Gasteiger partial charge in [-0.25, -0.2) is 0 Å². The number of fused-ring (bicyclic) bond motifs is 1. The molecule has 0 saturated heterocycles. The lowest BCUT2D eigenvalue weighted by atomic mass is 10.2. The lowest BCUT2D eigenvalue weighted by molar-refractivity contribution is 0.171. The van der Waals surface area contributed by atoms with Crippen molar-refractivity contribution in [1.29, 1.82) is 0 Å². The number of halogens is 1. The number of ether oxygens (including phenoxy) is 2. The van der Waals surface area contributed by atoms with Gasteiger partial charge in [0.2, 0.25) is 0 Å². The van der Waals surface area contributed by atoms with E-state index in [1.165, 1.54) is 4.88 Å². The van der Waals surface area contributed by atoms with Crippen LogP contribution in [0.15, 0.2) is 39.0 Å². The number of benzene rings is 1. The van der Waals surface area contributed by atoms with Gasteiger partial charge in [-0.2, -0.15) is 0 Å². The lowest BCUT2D eigenvalue weighted by Gasteiger charge is -2.22. The molecule has 0 saturated carbocycles. The summed E-state index contributed by atoms with van der Waals surface area (Å²) in [6, 6.07) is 8.28. The van der Waals surface area contributed by atoms with E-state index >= 15 is 0 Å². The Bertz CT molecular complexity index is 630. The first-order valence-electron chi connectivity index (χ1n) is 6.69. The van der Waals surface area contributed by atoms with Gasteiger partial charge in [-0.1, -0.05) is 0 Å². The number of thiophene rings is 1. The molecular formula is C15H16BrNO2S2. The molecule has 112 valence electrons. The summed E-state index contributed by atoms with van der Waals surface area (Å²) in [7, 11) is 0. The third-order valence-electron chi connectivity index (χ3n) is 3.12. The van der Waals surface area contributed by atoms with Crippen LogP contribution in [0.1, 0.15) is 17.1 Å². The fourth-order valence-electron chi connectivity index (χ4n) is 2.15. The number of hydrogen-bond donors (Lipinski definition) is 1. The molecule has 3 nitrogen and oxygen atoms in total. The first-order valence-corrected chi connectivity index (χ1v) is 9.24. The first-order chi connectivity index (χ1) is 10.1. The highest BCUT2D eigenvalue weighted by Crippen LogP contribution is 2.43. The maximum atomic E-state index is 6.18. The summed E-state index contributed by atoms with van der Waals surface area (Å²) in [5, 5.41) is 2.32. The number of nitrogens with two attached hydrogens (primary N) is 1. The molecular weight excluding hydrogens is 370 g/mol. The molecule has 2 atom stereocenters. The second-order valence-electron chi connectivity index (χ2n) is 4.87. The Labute approximate surface area is 141 Å². The Hall–Kier alpha value is -0.690. The van der Waals surface area contributed by atoms with Crippen molar-refractivity contribution in [2.75, 3.05) is 13.2 Å². The Morgan fingerprint density at radius 2 is 2.00 bits per heavy atom. The van der Waals surface area contributed by atoms with E-state index in [9.17, 15) is 0 Å². The van der Waals surface area contributed by atoms with Crippen molar-refractivity contribution in [3.8, 4) is 11.5 Å². The third-order valence-corrected chi connectivity index (χ3v) is 6.51. The zero-order chi connectivity index (χ0) is 14.8. The van der Waals surface area contributed by atoms with Crippen LogP contribution in [0.4, 0.5) is 0 Å². The van der Waals surface area contributed by atoms with Crippen molar-refractivity contribution in [3.05, 3.63) is 39.0 Å². The zero-order valence-corrected chi connectivity index (χ0v) is 14.8. The molecule has 1 aromatic carbocycles. The Balaban J connectivity index is 1.83. The number of rotatable bonds is 4. The van der Waals surface area contributed by atoms with Crippen molar-refractivity contribution < 1.29 is 9.47 Å². The molecule has 1 aliphatic rings. The van der Waals surface area contributed by atoms with Gasteiger partial charge >= 0.3 is 0 Å². The van der Waals surface area contributed by atoms with E-state index in [0.717, 1.165) is 20.9 Å². The molecule has 2 unspecified atom stereocenters. The van der Waals surface area contributed by atoms with Gasteiger partial charge in [0.25, 0.3) is 0 Å². The average Bonchev–Trinajstić information content (AvgIpc) is 2.90. The summed E-state index contributed by atoms with van der Waals surface area (Å²) in [5.74, 6) is 1.64. The fourth-order valence-corrected chi connectivity index (χ4v) is 5.01. The van der Waals surface area contributed by atoms with Crippen molar-refractivity contribution >= 4 is 39.0 Å². The maximum Gasteiger partial charge on any atom is 0.162 e. The van der Waals surface area contributed by atoms with Gasteiger partial charge in [0.05, 0.1) is 5.25 Å². The summed E-state index contributed by atoms with van der Waals surface area (Å²) in [6.07, 6.45) is 0. The van der Waals surface area contributed by atoms with Crippen LogP contribution in [0, 0.1) is 0 Å². The lowest BCUT2D eigenvalue weighted by Crippen LogP contribution is -2.21. The van der Waals surface area contributed by atoms with Gasteiger partial charge in [-0.3, -0.25) is 0 Å². The molecule has 3 rings (SSSR count). The van der Waals surface area contributed by atoms with Crippen LogP contribution >= 0.6 is 39.0 Å². The monoisotopic (exact) mass is 385 g/mol. The highest BCUT2D eigenvalue weighted by atomic mass is 79.9. The van der Waals surface area contributed by atoms with Crippen molar-refractivity contribution in [3.63, 3.8) is 0 Å². The van der Waals surface area contributed by atoms with E-state index in [1.54, 1.807) is 23.1 Å². The van der Waals surface area contributed by atoms with Crippen molar-refractivity contribution in [2.45, 2.75) is 23.1 Å². The minimum absolute atomic E-state index is 0.0637. The van der Waals surface area contributed by atoms with Crippen LogP contribution in [0.5, 0.6) is 11.5 Å². The summed E-state index contributed by atoms with van der Waals surface area (Å²) in [6.45, 7) is 3.27. The largest absolute Gasteiger partial charge is 0.486 e. The van der Waals surface area contributed by atoms with E-state index < -0.39 is 0 Å². The van der Waals surface area contributed by atoms with Gasteiger partial charge in [-0.05, 0) is 47.1 Å². The quantitative estimate of drug-likeness (QED) is 0.788. The third kappa shape index (κ3) is 3.56. The van der Waals surface area contributed by atoms with Gasteiger partial charge in [0.1, 0.15) is 13.2 Å². The van der Waals surface area contributed by atoms with Gasteiger partial charge in [-0.15, -0.1) is 23.1 Å². The van der Waals surface area contributed by atoms with Crippen LogP contribution in [0.3, 0.4) is 0 Å². The number of thioether (sulfide) groups is 1. The second kappa shape index (κ2) is 6.60. The molecule has 0 spiro atoms. The number of hydrogen-bond acceptors (Lipinski definition) is 5. The van der Waals surface area contributed by atoms with Crippen LogP contribution in [0.25, 0.3) is 0 Å². The van der Waals surface area contributed by atoms with E-state index in [1.807, 2.05) is 19.1 Å². The van der Waals surface area contributed by atoms with Crippen LogP contribution in [-0.2, 0) is 0 Å². The minimum atomic E-state index is 0.0637. The molecule has 0 bridgehead atoms. The molecule has 6 heteroatoms. The smallest absolute Gasteiger partial charge is 0.162 e. The topological polar surface area (TPSA) is 44.5 Å². The van der Waals surface area contributed by atoms with Gasteiger partial charge < -0.3 is 15.2 Å². The first kappa shape index (κ1) is 15.2. The molecule has 0 amide bonds. The predicted octanol–water partition coefficient (Wildman–Crippen LogP) is 4.46. The van der Waals surface area contributed by atoms with E-state index in [2.05, 4.69) is 33.4 Å². The highest BCUT2D eigenvalue weighted by molar-refractivity contribution is 9.10. The summed E-state index contributed by atoms with van der Waals surface area (Å²) >= 11 is 7.00. The molecule has 2 N–H and O–H groups in total. The molecule has 1 aromatic heterocycles. The van der Waals surface area contributed by atoms with E-state index in [4.69, 9.17) is 15.2 Å². The maximum absolute atomic E-state index is 6.18. The van der Waals surface area contributed by atoms with Gasteiger partial charge in [0.15, 0.2) is 11.5 Å². The standard InChI is InChI=1S/C15H16BrNO2S2/c1-9(17)15(14-6-10(16)8-20-14)21-11-2-3-12-13(7-11)19-5-4-18-12/h2-3,6-9,15H,4-5,17H2,1H3. The molecule has 0 fully saturated rings. The Morgan fingerprint density at radius 3 is 2.67 bits per heavy atom. The molecule has 2 aromatic rings. The Kier molecular flexibility index (Phi) is 4.78. The summed E-state index contributed by atoms with van der Waals surface area (Å²) < 4.78 is 12.3. The van der Waals surface area contributed by atoms with Crippen molar-refractivity contribution in [1.82, 2.24) is 0 Å². The van der Waals surface area contributed by atoms with Crippen LogP contribution in [0.2, 0.25) is 0 Å². The fraction of sp³-hybridized carbons (Fsp3) is 0.333. The molecule has 0 aliphatic carbocycles. The van der Waals surface area contributed by atoms with E-state index in [0.29, 0.717) is 13.2 Å². The minimum Gasteiger partial charge on any atom is -0.486 e. The Morgan fingerprint density at radius 1 is 1.24 bits per heavy atom. The van der Waals surface area contributed by atoms with Crippen LogP contribution in [-0.4, -0.2) is 19.3 Å². The molecule has 21 heavy (non-hydrogen) atoms.